The quantitative estimate of drug-likeness (QED) is 0.793. The minimum Gasteiger partial charge on any atom is -0.507 e. The van der Waals surface area contributed by atoms with Gasteiger partial charge in [-0.1, -0.05) is 12.1 Å². The first-order valence-corrected chi connectivity index (χ1v) is 7.31. The number of carboxylic acids is 1. The molecule has 4 atom stereocenters. The maximum atomic E-state index is 12.4. The van der Waals surface area contributed by atoms with Gasteiger partial charge in [-0.25, -0.2) is 0 Å². The highest BCUT2D eigenvalue weighted by atomic mass is 16.4. The topological polar surface area (TPSA) is 86.6 Å². The van der Waals surface area contributed by atoms with Crippen molar-refractivity contribution < 1.29 is 19.8 Å². The van der Waals surface area contributed by atoms with Gasteiger partial charge in [-0.2, -0.15) is 0 Å². The van der Waals surface area contributed by atoms with Crippen LogP contribution in [-0.4, -0.2) is 28.1 Å². The Labute approximate surface area is 123 Å². The molecule has 2 saturated carbocycles. The van der Waals surface area contributed by atoms with Crippen molar-refractivity contribution in [2.45, 2.75) is 32.2 Å². The second-order valence-electron chi connectivity index (χ2n) is 6.17. The van der Waals surface area contributed by atoms with Crippen LogP contribution >= 0.6 is 0 Å². The van der Waals surface area contributed by atoms with E-state index in [2.05, 4.69) is 5.32 Å². The van der Waals surface area contributed by atoms with Crippen molar-refractivity contribution >= 4 is 11.9 Å². The van der Waals surface area contributed by atoms with E-state index in [1.54, 1.807) is 25.1 Å². The van der Waals surface area contributed by atoms with Crippen LogP contribution in [0.2, 0.25) is 0 Å². The van der Waals surface area contributed by atoms with Crippen LogP contribution in [0.15, 0.2) is 18.2 Å². The van der Waals surface area contributed by atoms with E-state index in [1.807, 2.05) is 0 Å². The van der Waals surface area contributed by atoms with Gasteiger partial charge in [0.05, 0.1) is 11.5 Å². The lowest BCUT2D eigenvalue weighted by molar-refractivity contribution is -0.144. The van der Waals surface area contributed by atoms with Gasteiger partial charge in [0, 0.05) is 6.04 Å². The molecule has 2 aliphatic rings. The normalized spacial score (nSPS) is 30.3. The van der Waals surface area contributed by atoms with Crippen LogP contribution in [0, 0.1) is 24.7 Å². The number of amides is 1. The highest BCUT2D eigenvalue weighted by Gasteiger charge is 2.51. The molecule has 5 heteroatoms. The molecule has 1 aromatic rings. The Kier molecular flexibility index (Phi) is 3.35. The largest absolute Gasteiger partial charge is 0.507 e. The van der Waals surface area contributed by atoms with Crippen molar-refractivity contribution in [2.24, 2.45) is 17.8 Å². The molecule has 5 nitrogen and oxygen atoms in total. The third-order valence-corrected chi connectivity index (χ3v) is 4.98. The summed E-state index contributed by atoms with van der Waals surface area (Å²) >= 11 is 0. The molecule has 2 aliphatic carbocycles. The molecule has 0 aromatic heterocycles. The van der Waals surface area contributed by atoms with E-state index in [1.165, 1.54) is 0 Å². The third kappa shape index (κ3) is 2.26. The molecule has 3 rings (SSSR count). The van der Waals surface area contributed by atoms with Crippen molar-refractivity contribution in [3.8, 4) is 5.75 Å². The standard InChI is InChI=1S/C16H19NO4/c1-8-3-2-4-11(14(8)18)15(19)17-13-10-6-5-9(7-10)12(13)16(20)21/h2-4,9-10,12-13,18H,5-7H2,1H3,(H,17,19)(H,20,21). The first-order chi connectivity index (χ1) is 9.99. The molecular formula is C16H19NO4. The van der Waals surface area contributed by atoms with E-state index in [-0.39, 0.29) is 35.1 Å². The van der Waals surface area contributed by atoms with Gasteiger partial charge in [-0.05, 0) is 49.7 Å². The highest BCUT2D eigenvalue weighted by Crippen LogP contribution is 2.48. The number of rotatable bonds is 3. The number of para-hydroxylation sites is 1. The number of carboxylic acid groups (broad SMARTS) is 1. The fraction of sp³-hybridized carbons (Fsp3) is 0.500. The SMILES string of the molecule is Cc1cccc(C(=O)NC2C3CCC(C3)C2C(=O)O)c1O. The van der Waals surface area contributed by atoms with Crippen LogP contribution < -0.4 is 5.32 Å². The van der Waals surface area contributed by atoms with Crippen molar-refractivity contribution in [1.29, 1.82) is 0 Å². The van der Waals surface area contributed by atoms with Crippen LogP contribution in [-0.2, 0) is 4.79 Å². The van der Waals surface area contributed by atoms with Gasteiger partial charge in [-0.3, -0.25) is 9.59 Å². The highest BCUT2D eigenvalue weighted by molar-refractivity contribution is 5.97. The van der Waals surface area contributed by atoms with Gasteiger partial charge in [-0.15, -0.1) is 0 Å². The Morgan fingerprint density at radius 3 is 2.67 bits per heavy atom. The molecule has 0 saturated heterocycles. The maximum absolute atomic E-state index is 12.4. The fourth-order valence-electron chi connectivity index (χ4n) is 3.93. The lowest BCUT2D eigenvalue weighted by Gasteiger charge is -2.29. The number of aryl methyl sites for hydroxylation is 1. The van der Waals surface area contributed by atoms with Crippen LogP contribution in [0.5, 0.6) is 5.75 Å². The molecule has 3 N–H and O–H groups in total. The number of phenolic OH excluding ortho intramolecular Hbond substituents is 1. The van der Waals surface area contributed by atoms with E-state index in [9.17, 15) is 19.8 Å². The molecular weight excluding hydrogens is 270 g/mol. The fourth-order valence-corrected chi connectivity index (χ4v) is 3.93. The number of hydrogen-bond donors (Lipinski definition) is 3. The molecule has 21 heavy (non-hydrogen) atoms. The summed E-state index contributed by atoms with van der Waals surface area (Å²) in [6, 6.07) is 4.66. The van der Waals surface area contributed by atoms with Crippen molar-refractivity contribution in [1.82, 2.24) is 5.32 Å². The Balaban J connectivity index is 1.81. The Morgan fingerprint density at radius 2 is 1.95 bits per heavy atom. The zero-order chi connectivity index (χ0) is 15.1. The lowest BCUT2D eigenvalue weighted by atomic mass is 9.84. The minimum atomic E-state index is -0.832. The van der Waals surface area contributed by atoms with Gasteiger partial charge in [0.1, 0.15) is 5.75 Å². The minimum absolute atomic E-state index is 0.0370. The smallest absolute Gasteiger partial charge is 0.308 e. The van der Waals surface area contributed by atoms with E-state index in [4.69, 9.17) is 0 Å². The molecule has 4 unspecified atom stereocenters. The van der Waals surface area contributed by atoms with E-state index in [0.717, 1.165) is 19.3 Å². The van der Waals surface area contributed by atoms with Gasteiger partial charge < -0.3 is 15.5 Å². The summed E-state index contributed by atoms with van der Waals surface area (Å²) in [4.78, 5) is 23.8. The zero-order valence-corrected chi connectivity index (χ0v) is 11.9. The number of aromatic hydroxyl groups is 1. The van der Waals surface area contributed by atoms with Gasteiger partial charge in [0.25, 0.3) is 5.91 Å². The second-order valence-corrected chi connectivity index (χ2v) is 6.17. The van der Waals surface area contributed by atoms with Gasteiger partial charge in [0.15, 0.2) is 0 Å². The molecule has 0 spiro atoms. The van der Waals surface area contributed by atoms with Gasteiger partial charge in [0.2, 0.25) is 0 Å². The summed E-state index contributed by atoms with van der Waals surface area (Å²) in [6.45, 7) is 1.73. The second kappa shape index (κ2) is 5.06. The van der Waals surface area contributed by atoms with Crippen molar-refractivity contribution in [3.05, 3.63) is 29.3 Å². The zero-order valence-electron chi connectivity index (χ0n) is 11.9. The molecule has 0 aliphatic heterocycles. The summed E-state index contributed by atoms with van der Waals surface area (Å²) in [5, 5.41) is 22.2. The predicted molar refractivity (Wildman–Crippen MR) is 76.1 cm³/mol. The number of carbonyl (C=O) groups excluding carboxylic acids is 1. The molecule has 112 valence electrons. The van der Waals surface area contributed by atoms with E-state index >= 15 is 0 Å². The summed E-state index contributed by atoms with van der Waals surface area (Å²) < 4.78 is 0. The first kappa shape index (κ1) is 13.9. The molecule has 1 aromatic carbocycles. The third-order valence-electron chi connectivity index (χ3n) is 4.98. The Hall–Kier alpha value is -2.04. The number of phenols is 1. The summed E-state index contributed by atoms with van der Waals surface area (Å²) in [5.74, 6) is -1.35. The Morgan fingerprint density at radius 1 is 1.24 bits per heavy atom. The molecule has 0 heterocycles. The first-order valence-electron chi connectivity index (χ1n) is 7.31. The summed E-state index contributed by atoms with van der Waals surface area (Å²) in [6.07, 6.45) is 2.78. The van der Waals surface area contributed by atoms with Crippen LogP contribution in [0.1, 0.15) is 35.2 Å². The maximum Gasteiger partial charge on any atom is 0.308 e. The number of benzene rings is 1. The van der Waals surface area contributed by atoms with E-state index < -0.39 is 11.9 Å². The average Bonchev–Trinajstić information content (AvgIpc) is 3.02. The summed E-state index contributed by atoms with van der Waals surface area (Å²) in [5.41, 5.74) is 0.840. The van der Waals surface area contributed by atoms with Crippen molar-refractivity contribution in [2.75, 3.05) is 0 Å². The number of carbonyl (C=O) groups is 2. The van der Waals surface area contributed by atoms with Crippen LogP contribution in [0.25, 0.3) is 0 Å². The van der Waals surface area contributed by atoms with E-state index in [0.29, 0.717) is 5.56 Å². The summed E-state index contributed by atoms with van der Waals surface area (Å²) in [7, 11) is 0. The number of nitrogens with one attached hydrogen (secondary N) is 1. The Bertz CT molecular complexity index is 598. The molecule has 1 amide bonds. The van der Waals surface area contributed by atoms with Crippen molar-refractivity contribution in [3.63, 3.8) is 0 Å². The monoisotopic (exact) mass is 289 g/mol. The van der Waals surface area contributed by atoms with Crippen LogP contribution in [0.4, 0.5) is 0 Å². The molecule has 2 bridgehead atoms. The molecule has 2 fully saturated rings. The lowest BCUT2D eigenvalue weighted by Crippen LogP contribution is -2.46. The molecule has 0 radical (unpaired) electrons. The number of aliphatic carboxylic acids is 1. The predicted octanol–water partition coefficient (Wildman–Crippen LogP) is 1.93. The number of fused-ring (bicyclic) bond motifs is 2. The van der Waals surface area contributed by atoms with Crippen LogP contribution in [0.3, 0.4) is 0 Å². The number of hydrogen-bond acceptors (Lipinski definition) is 3. The average molecular weight is 289 g/mol. The van der Waals surface area contributed by atoms with Gasteiger partial charge >= 0.3 is 5.97 Å².